The van der Waals surface area contributed by atoms with E-state index in [-0.39, 0.29) is 5.78 Å². The number of Topliss-reactive ketones (excluding diaryl/α,β-unsaturated/α-hetero) is 1. The van der Waals surface area contributed by atoms with Crippen molar-refractivity contribution in [3.63, 3.8) is 0 Å². The summed E-state index contributed by atoms with van der Waals surface area (Å²) in [5.74, 6) is 1.93. The van der Waals surface area contributed by atoms with E-state index in [0.29, 0.717) is 17.1 Å². The molecule has 150 valence electrons. The van der Waals surface area contributed by atoms with Crippen LogP contribution in [0.2, 0.25) is 0 Å². The zero-order valence-corrected chi connectivity index (χ0v) is 17.3. The number of likely N-dealkylation sites (tertiary alicyclic amines) is 1. The van der Waals surface area contributed by atoms with Gasteiger partial charge in [0.05, 0.1) is 19.4 Å². The normalized spacial score (nSPS) is 14.2. The molecule has 0 amide bonds. The molecule has 0 atom stereocenters. The Bertz CT molecular complexity index is 968. The van der Waals surface area contributed by atoms with E-state index in [2.05, 4.69) is 19.7 Å². The number of para-hydroxylation sites is 1. The molecule has 3 aromatic rings. The fourth-order valence-electron chi connectivity index (χ4n) is 3.48. The van der Waals surface area contributed by atoms with Crippen LogP contribution >= 0.6 is 11.8 Å². The number of hydrogen-bond donors (Lipinski definition) is 0. The van der Waals surface area contributed by atoms with Gasteiger partial charge >= 0.3 is 0 Å². The molecule has 1 aliphatic heterocycles. The highest BCUT2D eigenvalue weighted by atomic mass is 32.2. The van der Waals surface area contributed by atoms with Crippen molar-refractivity contribution in [1.82, 2.24) is 19.7 Å². The summed E-state index contributed by atoms with van der Waals surface area (Å²) in [6.45, 7) is 2.96. The summed E-state index contributed by atoms with van der Waals surface area (Å²) >= 11 is 1.42. The summed E-state index contributed by atoms with van der Waals surface area (Å²) in [6.07, 6.45) is 2.46. The Hall–Kier alpha value is -2.64. The predicted molar refractivity (Wildman–Crippen MR) is 114 cm³/mol. The van der Waals surface area contributed by atoms with E-state index < -0.39 is 0 Å². The number of hydrogen-bond acceptors (Lipinski definition) is 6. The molecule has 0 aliphatic carbocycles. The van der Waals surface area contributed by atoms with Crippen molar-refractivity contribution in [2.75, 3.05) is 26.0 Å². The fraction of sp³-hybridized carbons (Fsp3) is 0.318. The average molecular weight is 409 g/mol. The van der Waals surface area contributed by atoms with Gasteiger partial charge in [-0.05, 0) is 50.2 Å². The molecule has 6 nitrogen and oxygen atoms in total. The van der Waals surface area contributed by atoms with E-state index in [4.69, 9.17) is 4.74 Å². The topological polar surface area (TPSA) is 60.2 Å². The molecule has 0 saturated carbocycles. The molecule has 1 aliphatic rings. The van der Waals surface area contributed by atoms with Crippen LogP contribution in [0.15, 0.2) is 59.8 Å². The minimum atomic E-state index is 0.0394. The molecule has 2 heterocycles. The zero-order chi connectivity index (χ0) is 20.1. The van der Waals surface area contributed by atoms with Gasteiger partial charge in [0.25, 0.3) is 0 Å². The van der Waals surface area contributed by atoms with Crippen LogP contribution in [-0.2, 0) is 6.54 Å². The number of benzene rings is 2. The highest BCUT2D eigenvalue weighted by Crippen LogP contribution is 2.25. The maximum Gasteiger partial charge on any atom is 0.196 e. The molecule has 0 N–H and O–H groups in total. The lowest BCUT2D eigenvalue weighted by atomic mass is 10.1. The van der Waals surface area contributed by atoms with E-state index in [1.165, 1.54) is 24.6 Å². The summed E-state index contributed by atoms with van der Waals surface area (Å²) in [7, 11) is 1.60. The molecule has 7 heteroatoms. The lowest BCUT2D eigenvalue weighted by Gasteiger charge is -2.15. The number of rotatable bonds is 8. The minimum absolute atomic E-state index is 0.0394. The third-order valence-corrected chi connectivity index (χ3v) is 5.93. The van der Waals surface area contributed by atoms with Gasteiger partial charge in [-0.25, -0.2) is 0 Å². The second kappa shape index (κ2) is 9.24. The molecule has 1 fully saturated rings. The monoisotopic (exact) mass is 408 g/mol. The van der Waals surface area contributed by atoms with Gasteiger partial charge in [0.15, 0.2) is 16.8 Å². The summed E-state index contributed by atoms with van der Waals surface area (Å²) in [5.41, 5.74) is 1.66. The van der Waals surface area contributed by atoms with E-state index >= 15 is 0 Å². The fourth-order valence-corrected chi connectivity index (χ4v) is 4.35. The van der Waals surface area contributed by atoms with Crippen LogP contribution in [0.3, 0.4) is 0 Å². The van der Waals surface area contributed by atoms with Crippen LogP contribution in [0.4, 0.5) is 0 Å². The first-order chi connectivity index (χ1) is 14.2. The minimum Gasteiger partial charge on any atom is -0.497 e. The second-order valence-corrected chi connectivity index (χ2v) is 7.94. The smallest absolute Gasteiger partial charge is 0.196 e. The molecule has 0 spiro atoms. The van der Waals surface area contributed by atoms with E-state index in [9.17, 15) is 4.79 Å². The maximum absolute atomic E-state index is 12.7. The van der Waals surface area contributed by atoms with Crippen molar-refractivity contribution in [3.8, 4) is 11.4 Å². The molecular formula is C22H24N4O2S. The van der Waals surface area contributed by atoms with Crippen molar-refractivity contribution in [1.29, 1.82) is 0 Å². The quantitative estimate of drug-likeness (QED) is 0.417. The zero-order valence-electron chi connectivity index (χ0n) is 16.5. The maximum atomic E-state index is 12.7. The Morgan fingerprint density at radius 1 is 1.07 bits per heavy atom. The Kier molecular flexibility index (Phi) is 6.27. The molecular weight excluding hydrogens is 384 g/mol. The molecule has 29 heavy (non-hydrogen) atoms. The summed E-state index contributed by atoms with van der Waals surface area (Å²) in [5, 5.41) is 9.60. The van der Waals surface area contributed by atoms with Crippen LogP contribution in [0.1, 0.15) is 29.0 Å². The highest BCUT2D eigenvalue weighted by molar-refractivity contribution is 7.99. The second-order valence-electron chi connectivity index (χ2n) is 7.00. The Labute approximate surface area is 174 Å². The first-order valence-electron chi connectivity index (χ1n) is 9.77. The van der Waals surface area contributed by atoms with Gasteiger partial charge in [0, 0.05) is 11.3 Å². The molecule has 1 saturated heterocycles. The van der Waals surface area contributed by atoms with Gasteiger partial charge < -0.3 is 4.74 Å². The Morgan fingerprint density at radius 2 is 1.86 bits per heavy atom. The van der Waals surface area contributed by atoms with Gasteiger partial charge in [-0.3, -0.25) is 14.3 Å². The highest BCUT2D eigenvalue weighted by Gasteiger charge is 2.20. The van der Waals surface area contributed by atoms with Crippen LogP contribution in [0.5, 0.6) is 5.75 Å². The number of methoxy groups -OCH3 is 1. The number of thioether (sulfide) groups is 1. The van der Waals surface area contributed by atoms with Crippen LogP contribution in [0, 0.1) is 0 Å². The number of nitrogens with zero attached hydrogens (tertiary/aromatic N) is 4. The van der Waals surface area contributed by atoms with Gasteiger partial charge in [-0.15, -0.1) is 10.2 Å². The predicted octanol–water partition coefficient (Wildman–Crippen LogP) is 3.85. The Balaban J connectivity index is 1.54. The van der Waals surface area contributed by atoms with E-state index in [0.717, 1.165) is 36.3 Å². The van der Waals surface area contributed by atoms with Crippen LogP contribution in [-0.4, -0.2) is 51.4 Å². The number of ketones is 1. The molecule has 0 unspecified atom stereocenters. The van der Waals surface area contributed by atoms with Gasteiger partial charge in [0.1, 0.15) is 5.75 Å². The molecule has 1 aromatic heterocycles. The van der Waals surface area contributed by atoms with E-state index in [1.807, 2.05) is 48.5 Å². The van der Waals surface area contributed by atoms with Crippen LogP contribution < -0.4 is 4.74 Å². The van der Waals surface area contributed by atoms with Crippen LogP contribution in [0.25, 0.3) is 5.69 Å². The third kappa shape index (κ3) is 4.68. The summed E-state index contributed by atoms with van der Waals surface area (Å²) < 4.78 is 7.29. The van der Waals surface area contributed by atoms with Gasteiger partial charge in [0.2, 0.25) is 0 Å². The Morgan fingerprint density at radius 3 is 2.62 bits per heavy atom. The lowest BCUT2D eigenvalue weighted by Crippen LogP contribution is -2.21. The van der Waals surface area contributed by atoms with Crippen molar-refractivity contribution in [3.05, 3.63) is 66.0 Å². The first-order valence-corrected chi connectivity index (χ1v) is 10.8. The van der Waals surface area contributed by atoms with Gasteiger partial charge in [-0.1, -0.05) is 42.1 Å². The average Bonchev–Trinajstić information content (AvgIpc) is 3.43. The summed E-state index contributed by atoms with van der Waals surface area (Å²) in [4.78, 5) is 15.1. The van der Waals surface area contributed by atoms with Crippen molar-refractivity contribution >= 4 is 17.5 Å². The number of ether oxygens (including phenoxy) is 1. The van der Waals surface area contributed by atoms with Crippen molar-refractivity contribution in [2.24, 2.45) is 0 Å². The van der Waals surface area contributed by atoms with Gasteiger partial charge in [-0.2, -0.15) is 0 Å². The van der Waals surface area contributed by atoms with Crippen molar-refractivity contribution < 1.29 is 9.53 Å². The molecule has 0 bridgehead atoms. The molecule has 0 radical (unpaired) electrons. The number of carbonyl (C=O) groups is 1. The first kappa shape index (κ1) is 19.7. The lowest BCUT2D eigenvalue weighted by molar-refractivity contribution is 0.102. The summed E-state index contributed by atoms with van der Waals surface area (Å²) in [6, 6.07) is 17.3. The largest absolute Gasteiger partial charge is 0.497 e. The molecule has 2 aromatic carbocycles. The standard InChI is InChI=1S/C22H24N4O2S/c1-28-19-11-7-8-17(14-19)20(27)16-29-22-24-23-21(15-25-12-5-6-13-25)26(22)18-9-3-2-4-10-18/h2-4,7-11,14H,5-6,12-13,15-16H2,1H3. The number of carbonyl (C=O) groups excluding carboxylic acids is 1. The van der Waals surface area contributed by atoms with E-state index in [1.54, 1.807) is 13.2 Å². The number of aromatic nitrogens is 3. The SMILES string of the molecule is COc1cccc(C(=O)CSc2nnc(CN3CCCC3)n2-c2ccccc2)c1. The van der Waals surface area contributed by atoms with Crippen molar-refractivity contribution in [2.45, 2.75) is 24.5 Å². The molecule has 4 rings (SSSR count). The third-order valence-electron chi connectivity index (χ3n) is 5.00.